The Hall–Kier alpha value is -3.12. The Kier molecular flexibility index (Phi) is 5.88. The Morgan fingerprint density at radius 1 is 1.04 bits per heavy atom. The Bertz CT molecular complexity index is 931. The van der Waals surface area contributed by atoms with E-state index in [9.17, 15) is 9.50 Å². The third kappa shape index (κ3) is 4.54. The van der Waals surface area contributed by atoms with Crippen LogP contribution in [0.5, 0.6) is 11.5 Å². The topological polar surface area (TPSA) is 44.7 Å². The molecule has 0 unspecified atom stereocenters. The minimum absolute atomic E-state index is 0.171. The number of phenolic OH excluding ortho intramolecular Hbond substituents is 1. The van der Waals surface area contributed by atoms with Gasteiger partial charge in [-0.15, -0.1) is 0 Å². The second-order valence-electron chi connectivity index (χ2n) is 5.82. The fourth-order valence-corrected chi connectivity index (χ4v) is 2.88. The lowest BCUT2D eigenvalue weighted by molar-refractivity contribution is 0.415. The molecule has 2 N–H and O–H groups in total. The van der Waals surface area contributed by atoms with E-state index in [-0.39, 0.29) is 5.75 Å². The number of methoxy groups -OCH3 is 1. The SMILES string of the molecule is COc1ccc(N(Cc2ccccc2O)C(=S)Nc2ccccc2F)cc1. The predicted molar refractivity (Wildman–Crippen MR) is 110 cm³/mol. The van der Waals surface area contributed by atoms with E-state index in [0.29, 0.717) is 28.7 Å². The molecule has 0 aliphatic carbocycles. The summed E-state index contributed by atoms with van der Waals surface area (Å²) in [6.45, 7) is 0.319. The lowest BCUT2D eigenvalue weighted by Gasteiger charge is -2.26. The summed E-state index contributed by atoms with van der Waals surface area (Å²) in [5.41, 5.74) is 1.78. The average Bonchev–Trinajstić information content (AvgIpc) is 2.69. The number of para-hydroxylation sites is 2. The molecular formula is C21H19FN2O2S. The molecule has 138 valence electrons. The van der Waals surface area contributed by atoms with Gasteiger partial charge >= 0.3 is 0 Å². The number of nitrogens with one attached hydrogen (secondary N) is 1. The highest BCUT2D eigenvalue weighted by Gasteiger charge is 2.16. The lowest BCUT2D eigenvalue weighted by atomic mass is 10.1. The maximum Gasteiger partial charge on any atom is 0.178 e. The first-order valence-corrected chi connectivity index (χ1v) is 8.73. The molecule has 4 nitrogen and oxygen atoms in total. The predicted octanol–water partition coefficient (Wildman–Crippen LogP) is 4.94. The van der Waals surface area contributed by atoms with Crippen molar-refractivity contribution in [2.45, 2.75) is 6.54 Å². The lowest BCUT2D eigenvalue weighted by Crippen LogP contribution is -2.34. The second kappa shape index (κ2) is 8.51. The summed E-state index contributed by atoms with van der Waals surface area (Å²) >= 11 is 5.54. The normalized spacial score (nSPS) is 10.3. The Labute approximate surface area is 162 Å². The van der Waals surface area contributed by atoms with E-state index in [0.717, 1.165) is 5.69 Å². The van der Waals surface area contributed by atoms with Crippen molar-refractivity contribution in [1.82, 2.24) is 0 Å². The Morgan fingerprint density at radius 2 is 1.70 bits per heavy atom. The van der Waals surface area contributed by atoms with Crippen molar-refractivity contribution in [3.8, 4) is 11.5 Å². The van der Waals surface area contributed by atoms with Crippen LogP contribution in [0.25, 0.3) is 0 Å². The summed E-state index contributed by atoms with van der Waals surface area (Å²) in [4.78, 5) is 1.79. The number of hydrogen-bond donors (Lipinski definition) is 2. The van der Waals surface area contributed by atoms with Crippen molar-refractivity contribution in [3.63, 3.8) is 0 Å². The number of ether oxygens (including phenoxy) is 1. The monoisotopic (exact) mass is 382 g/mol. The molecule has 0 spiro atoms. The zero-order chi connectivity index (χ0) is 19.2. The van der Waals surface area contributed by atoms with E-state index in [4.69, 9.17) is 17.0 Å². The molecule has 0 bridgehead atoms. The first kappa shape index (κ1) is 18.7. The fourth-order valence-electron chi connectivity index (χ4n) is 2.60. The number of anilines is 2. The van der Waals surface area contributed by atoms with Crippen LogP contribution in [0.15, 0.2) is 72.8 Å². The maximum atomic E-state index is 14.0. The van der Waals surface area contributed by atoms with E-state index >= 15 is 0 Å². The molecule has 0 radical (unpaired) electrons. The van der Waals surface area contributed by atoms with Gasteiger partial charge in [0.05, 0.1) is 19.3 Å². The van der Waals surface area contributed by atoms with Gasteiger partial charge in [0.1, 0.15) is 17.3 Å². The number of aromatic hydroxyl groups is 1. The molecule has 0 aliphatic rings. The standard InChI is InChI=1S/C21H19FN2O2S/c1-26-17-12-10-16(11-13-17)24(14-15-6-2-5-9-20(15)25)21(27)23-19-8-4-3-7-18(19)22/h2-13,25H,14H2,1H3,(H,23,27). The van der Waals surface area contributed by atoms with E-state index in [2.05, 4.69) is 5.32 Å². The zero-order valence-electron chi connectivity index (χ0n) is 14.7. The summed E-state index contributed by atoms with van der Waals surface area (Å²) in [5.74, 6) is 0.496. The molecule has 0 heterocycles. The maximum absolute atomic E-state index is 14.0. The van der Waals surface area contributed by atoms with Gasteiger partial charge in [-0.25, -0.2) is 4.39 Å². The summed E-state index contributed by atoms with van der Waals surface area (Å²) in [6, 6.07) is 20.7. The van der Waals surface area contributed by atoms with Gasteiger partial charge in [0.15, 0.2) is 5.11 Å². The number of rotatable bonds is 5. The smallest absolute Gasteiger partial charge is 0.178 e. The molecule has 27 heavy (non-hydrogen) atoms. The quantitative estimate of drug-likeness (QED) is 0.612. The summed E-state index contributed by atoms with van der Waals surface area (Å²) in [6.07, 6.45) is 0. The number of phenols is 1. The van der Waals surface area contributed by atoms with Crippen molar-refractivity contribution in [3.05, 3.63) is 84.2 Å². The minimum Gasteiger partial charge on any atom is -0.508 e. The van der Waals surface area contributed by atoms with Crippen molar-refractivity contribution in [1.29, 1.82) is 0 Å². The van der Waals surface area contributed by atoms with Gasteiger partial charge < -0.3 is 20.1 Å². The highest BCUT2D eigenvalue weighted by molar-refractivity contribution is 7.80. The van der Waals surface area contributed by atoms with Crippen LogP contribution in [0.3, 0.4) is 0 Å². The summed E-state index contributed by atoms with van der Waals surface area (Å²) in [7, 11) is 1.60. The highest BCUT2D eigenvalue weighted by atomic mass is 32.1. The largest absolute Gasteiger partial charge is 0.508 e. The van der Waals surface area contributed by atoms with Crippen LogP contribution in [0.4, 0.5) is 15.8 Å². The van der Waals surface area contributed by atoms with Crippen LogP contribution in [0.1, 0.15) is 5.56 Å². The van der Waals surface area contributed by atoms with Gasteiger partial charge in [0.2, 0.25) is 0 Å². The van der Waals surface area contributed by atoms with E-state index in [1.165, 1.54) is 6.07 Å². The average molecular weight is 382 g/mol. The Balaban J connectivity index is 1.91. The number of hydrogen-bond acceptors (Lipinski definition) is 3. The number of benzene rings is 3. The Morgan fingerprint density at radius 3 is 2.37 bits per heavy atom. The van der Waals surface area contributed by atoms with Crippen molar-refractivity contribution < 1.29 is 14.2 Å². The third-order valence-corrected chi connectivity index (χ3v) is 4.39. The molecule has 3 aromatic carbocycles. The molecule has 0 atom stereocenters. The van der Waals surface area contributed by atoms with Crippen molar-refractivity contribution >= 4 is 28.7 Å². The van der Waals surface area contributed by atoms with Crippen LogP contribution in [-0.2, 0) is 6.54 Å². The highest BCUT2D eigenvalue weighted by Crippen LogP contribution is 2.26. The zero-order valence-corrected chi connectivity index (χ0v) is 15.5. The van der Waals surface area contributed by atoms with Crippen molar-refractivity contribution in [2.24, 2.45) is 0 Å². The van der Waals surface area contributed by atoms with Gasteiger partial charge in [0, 0.05) is 11.3 Å². The fraction of sp³-hybridized carbons (Fsp3) is 0.0952. The van der Waals surface area contributed by atoms with Crippen LogP contribution in [0, 0.1) is 5.82 Å². The summed E-state index contributed by atoms with van der Waals surface area (Å²) < 4.78 is 19.2. The first-order valence-electron chi connectivity index (χ1n) is 8.32. The van der Waals surface area contributed by atoms with Gasteiger partial charge in [0.25, 0.3) is 0 Å². The molecule has 0 aromatic heterocycles. The van der Waals surface area contributed by atoms with Crippen LogP contribution in [0.2, 0.25) is 0 Å². The molecule has 0 saturated heterocycles. The van der Waals surface area contributed by atoms with Gasteiger partial charge in [-0.05, 0) is 54.7 Å². The molecule has 6 heteroatoms. The molecule has 3 aromatic rings. The van der Waals surface area contributed by atoms with Crippen molar-refractivity contribution in [2.75, 3.05) is 17.3 Å². The van der Waals surface area contributed by atoms with Gasteiger partial charge in [-0.3, -0.25) is 0 Å². The van der Waals surface area contributed by atoms with Crippen LogP contribution in [-0.4, -0.2) is 17.3 Å². The van der Waals surface area contributed by atoms with E-state index in [1.54, 1.807) is 42.3 Å². The second-order valence-corrected chi connectivity index (χ2v) is 6.21. The minimum atomic E-state index is -0.392. The first-order chi connectivity index (χ1) is 13.1. The number of halogens is 1. The van der Waals surface area contributed by atoms with E-state index in [1.807, 2.05) is 36.4 Å². The van der Waals surface area contributed by atoms with E-state index < -0.39 is 5.82 Å². The van der Waals surface area contributed by atoms with Crippen LogP contribution < -0.4 is 15.0 Å². The molecular weight excluding hydrogens is 363 g/mol. The third-order valence-electron chi connectivity index (χ3n) is 4.06. The molecule has 0 aliphatic heterocycles. The molecule has 3 rings (SSSR count). The molecule has 0 fully saturated rings. The number of thiocarbonyl (C=S) groups is 1. The number of nitrogens with zero attached hydrogens (tertiary/aromatic N) is 1. The van der Waals surface area contributed by atoms with Gasteiger partial charge in [-0.2, -0.15) is 0 Å². The van der Waals surface area contributed by atoms with Crippen LogP contribution >= 0.6 is 12.2 Å². The molecule has 0 saturated carbocycles. The summed E-state index contributed by atoms with van der Waals surface area (Å²) in [5, 5.41) is 13.4. The molecule has 0 amide bonds. The van der Waals surface area contributed by atoms with Gasteiger partial charge in [-0.1, -0.05) is 30.3 Å².